The Hall–Kier alpha value is -2.48. The summed E-state index contributed by atoms with van der Waals surface area (Å²) in [6, 6.07) is 8.83. The Bertz CT molecular complexity index is 706. The Labute approximate surface area is 128 Å². The van der Waals surface area contributed by atoms with E-state index >= 15 is 0 Å². The summed E-state index contributed by atoms with van der Waals surface area (Å²) in [7, 11) is 1.41. The SMILES string of the molecule is COc1ccc([N+](=O)[O-])cc1NC(=O)c1cccc(Br)n1. The molecule has 1 amide bonds. The van der Waals surface area contributed by atoms with Gasteiger partial charge in [-0.1, -0.05) is 6.07 Å². The number of nitrogens with one attached hydrogen (secondary N) is 1. The summed E-state index contributed by atoms with van der Waals surface area (Å²) >= 11 is 3.17. The number of carbonyl (C=O) groups excluding carboxylic acids is 1. The molecule has 0 aliphatic heterocycles. The first kappa shape index (κ1) is 14.9. The molecule has 1 aromatic heterocycles. The molecule has 0 radical (unpaired) electrons. The molecule has 21 heavy (non-hydrogen) atoms. The second kappa shape index (κ2) is 6.31. The molecule has 0 bridgehead atoms. The lowest BCUT2D eigenvalue weighted by Gasteiger charge is -2.09. The third kappa shape index (κ3) is 3.54. The van der Waals surface area contributed by atoms with Crippen molar-refractivity contribution < 1.29 is 14.5 Å². The maximum Gasteiger partial charge on any atom is 0.274 e. The summed E-state index contributed by atoms with van der Waals surface area (Å²) in [5, 5.41) is 13.3. The van der Waals surface area contributed by atoms with Crippen molar-refractivity contribution in [1.29, 1.82) is 0 Å². The Morgan fingerprint density at radius 1 is 1.38 bits per heavy atom. The van der Waals surface area contributed by atoms with Gasteiger partial charge < -0.3 is 10.1 Å². The van der Waals surface area contributed by atoms with Gasteiger partial charge >= 0.3 is 0 Å². The first-order valence-corrected chi connectivity index (χ1v) is 6.57. The van der Waals surface area contributed by atoms with Crippen molar-refractivity contribution in [3.63, 3.8) is 0 Å². The Morgan fingerprint density at radius 3 is 2.76 bits per heavy atom. The molecule has 0 unspecified atom stereocenters. The van der Waals surface area contributed by atoms with Crippen molar-refractivity contribution in [3.8, 4) is 5.75 Å². The number of nitro groups is 1. The van der Waals surface area contributed by atoms with Gasteiger partial charge in [0.1, 0.15) is 16.0 Å². The van der Waals surface area contributed by atoms with E-state index in [0.29, 0.717) is 10.4 Å². The average Bonchev–Trinajstić information content (AvgIpc) is 2.47. The van der Waals surface area contributed by atoms with Gasteiger partial charge in [0.15, 0.2) is 0 Å². The summed E-state index contributed by atoms with van der Waals surface area (Å²) in [5.41, 5.74) is 0.240. The Balaban J connectivity index is 2.31. The minimum absolute atomic E-state index is 0.145. The number of methoxy groups -OCH3 is 1. The number of nitrogens with zero attached hydrogens (tertiary/aromatic N) is 2. The normalized spacial score (nSPS) is 10.0. The lowest BCUT2D eigenvalue weighted by atomic mass is 10.2. The second-order valence-electron chi connectivity index (χ2n) is 3.94. The zero-order valence-electron chi connectivity index (χ0n) is 10.9. The van der Waals surface area contributed by atoms with Crippen LogP contribution in [0.5, 0.6) is 5.75 Å². The minimum atomic E-state index is -0.549. The van der Waals surface area contributed by atoms with Gasteiger partial charge in [-0.15, -0.1) is 0 Å². The smallest absolute Gasteiger partial charge is 0.274 e. The fraction of sp³-hybridized carbons (Fsp3) is 0.0769. The number of benzene rings is 1. The highest BCUT2D eigenvalue weighted by molar-refractivity contribution is 9.10. The molecule has 0 fully saturated rings. The average molecular weight is 352 g/mol. The number of pyridine rings is 1. The van der Waals surface area contributed by atoms with Gasteiger partial charge in [0.25, 0.3) is 11.6 Å². The molecular formula is C13H10BrN3O4. The predicted molar refractivity (Wildman–Crippen MR) is 79.5 cm³/mol. The van der Waals surface area contributed by atoms with E-state index in [2.05, 4.69) is 26.2 Å². The topological polar surface area (TPSA) is 94.4 Å². The summed E-state index contributed by atoms with van der Waals surface area (Å²) in [6.07, 6.45) is 0. The molecule has 0 spiro atoms. The van der Waals surface area contributed by atoms with Gasteiger partial charge in [0.2, 0.25) is 0 Å². The van der Waals surface area contributed by atoms with Crippen molar-refractivity contribution in [2.45, 2.75) is 0 Å². The fourth-order valence-electron chi connectivity index (χ4n) is 1.63. The number of nitro benzene ring substituents is 1. The fourth-order valence-corrected chi connectivity index (χ4v) is 1.97. The number of halogens is 1. The van der Waals surface area contributed by atoms with Crippen molar-refractivity contribution in [3.05, 3.63) is 56.8 Å². The molecule has 108 valence electrons. The highest BCUT2D eigenvalue weighted by Gasteiger charge is 2.15. The molecular weight excluding hydrogens is 342 g/mol. The van der Waals surface area contributed by atoms with Crippen LogP contribution in [0.2, 0.25) is 0 Å². The van der Waals surface area contributed by atoms with E-state index in [9.17, 15) is 14.9 Å². The highest BCUT2D eigenvalue weighted by atomic mass is 79.9. The van der Waals surface area contributed by atoms with Crippen molar-refractivity contribution in [1.82, 2.24) is 4.98 Å². The van der Waals surface area contributed by atoms with E-state index in [1.807, 2.05) is 0 Å². The van der Waals surface area contributed by atoms with Crippen LogP contribution >= 0.6 is 15.9 Å². The second-order valence-corrected chi connectivity index (χ2v) is 4.75. The van der Waals surface area contributed by atoms with E-state index in [1.165, 1.54) is 31.4 Å². The van der Waals surface area contributed by atoms with Crippen LogP contribution < -0.4 is 10.1 Å². The van der Waals surface area contributed by atoms with E-state index in [0.717, 1.165) is 0 Å². The lowest BCUT2D eigenvalue weighted by Crippen LogP contribution is -2.14. The maximum absolute atomic E-state index is 12.1. The third-order valence-electron chi connectivity index (χ3n) is 2.59. The molecule has 8 heteroatoms. The van der Waals surface area contributed by atoms with Crippen LogP contribution in [0.4, 0.5) is 11.4 Å². The molecule has 1 N–H and O–H groups in total. The monoisotopic (exact) mass is 351 g/mol. The van der Waals surface area contributed by atoms with Gasteiger partial charge in [0.05, 0.1) is 17.7 Å². The number of ether oxygens (including phenoxy) is 1. The van der Waals surface area contributed by atoms with Gasteiger partial charge in [-0.25, -0.2) is 4.98 Å². The van der Waals surface area contributed by atoms with Gasteiger partial charge in [-0.3, -0.25) is 14.9 Å². The van der Waals surface area contributed by atoms with Gasteiger partial charge in [-0.2, -0.15) is 0 Å². The first-order valence-electron chi connectivity index (χ1n) is 5.77. The molecule has 0 saturated carbocycles. The third-order valence-corrected chi connectivity index (χ3v) is 3.03. The summed E-state index contributed by atoms with van der Waals surface area (Å²) < 4.78 is 5.59. The largest absolute Gasteiger partial charge is 0.495 e. The number of hydrogen-bond donors (Lipinski definition) is 1. The highest BCUT2D eigenvalue weighted by Crippen LogP contribution is 2.29. The molecule has 1 heterocycles. The number of non-ortho nitro benzene ring substituents is 1. The Kier molecular flexibility index (Phi) is 4.49. The minimum Gasteiger partial charge on any atom is -0.495 e. The number of anilines is 1. The van der Waals surface area contributed by atoms with Crippen LogP contribution in [0.3, 0.4) is 0 Å². The van der Waals surface area contributed by atoms with Crippen molar-refractivity contribution in [2.75, 3.05) is 12.4 Å². The zero-order chi connectivity index (χ0) is 15.4. The molecule has 0 aliphatic carbocycles. The first-order chi connectivity index (χ1) is 10.0. The zero-order valence-corrected chi connectivity index (χ0v) is 12.5. The quantitative estimate of drug-likeness (QED) is 0.519. The van der Waals surface area contributed by atoms with Crippen LogP contribution in [-0.4, -0.2) is 22.9 Å². The molecule has 2 rings (SSSR count). The summed E-state index contributed by atoms with van der Waals surface area (Å²) in [4.78, 5) is 26.3. The number of rotatable bonds is 4. The number of aromatic nitrogens is 1. The standard InChI is InChI=1S/C13H10BrN3O4/c1-21-11-6-5-8(17(19)20)7-10(11)16-13(18)9-3-2-4-12(14)15-9/h2-7H,1H3,(H,16,18). The Morgan fingerprint density at radius 2 is 2.14 bits per heavy atom. The van der Waals surface area contributed by atoms with Gasteiger partial charge in [-0.05, 0) is 34.1 Å². The van der Waals surface area contributed by atoms with E-state index in [4.69, 9.17) is 4.74 Å². The molecule has 7 nitrogen and oxygen atoms in total. The lowest BCUT2D eigenvalue weighted by molar-refractivity contribution is -0.384. The molecule has 0 atom stereocenters. The molecule has 1 aromatic carbocycles. The van der Waals surface area contributed by atoms with Crippen molar-refractivity contribution in [2.24, 2.45) is 0 Å². The predicted octanol–water partition coefficient (Wildman–Crippen LogP) is 3.01. The number of amides is 1. The van der Waals surface area contributed by atoms with E-state index in [-0.39, 0.29) is 17.1 Å². The van der Waals surface area contributed by atoms with Crippen LogP contribution in [0.15, 0.2) is 41.0 Å². The van der Waals surface area contributed by atoms with Crippen molar-refractivity contribution >= 4 is 33.2 Å². The van der Waals surface area contributed by atoms with Crippen LogP contribution in [0.1, 0.15) is 10.5 Å². The summed E-state index contributed by atoms with van der Waals surface area (Å²) in [6.45, 7) is 0. The molecule has 0 saturated heterocycles. The van der Waals surface area contributed by atoms with Crippen LogP contribution in [0, 0.1) is 10.1 Å². The van der Waals surface area contributed by atoms with Gasteiger partial charge in [0, 0.05) is 12.1 Å². The number of carbonyl (C=O) groups is 1. The maximum atomic E-state index is 12.1. The summed E-state index contributed by atoms with van der Waals surface area (Å²) in [5.74, 6) is -0.168. The molecule has 2 aromatic rings. The van der Waals surface area contributed by atoms with E-state index < -0.39 is 10.8 Å². The van der Waals surface area contributed by atoms with Crippen LogP contribution in [0.25, 0.3) is 0 Å². The molecule has 0 aliphatic rings. The van der Waals surface area contributed by atoms with E-state index in [1.54, 1.807) is 12.1 Å². The number of hydrogen-bond acceptors (Lipinski definition) is 5. The van der Waals surface area contributed by atoms with Crippen LogP contribution in [-0.2, 0) is 0 Å².